The van der Waals surface area contributed by atoms with Crippen LogP contribution >= 0.6 is 15.9 Å². The van der Waals surface area contributed by atoms with Gasteiger partial charge in [-0.1, -0.05) is 13.8 Å². The molecule has 2 rings (SSSR count). The first kappa shape index (κ1) is 15.8. The van der Waals surface area contributed by atoms with E-state index in [2.05, 4.69) is 15.9 Å². The average molecular weight is 362 g/mol. The van der Waals surface area contributed by atoms with Crippen LogP contribution in [0.15, 0.2) is 27.6 Å². The first-order valence-corrected chi connectivity index (χ1v) is 8.95. The molecule has 0 saturated heterocycles. The van der Waals surface area contributed by atoms with Crippen molar-refractivity contribution in [2.45, 2.75) is 37.6 Å². The Morgan fingerprint density at radius 3 is 2.50 bits per heavy atom. The Labute approximate surface area is 129 Å². The molecule has 1 aliphatic carbocycles. The Morgan fingerprint density at radius 2 is 2.05 bits per heavy atom. The number of halogens is 1. The van der Waals surface area contributed by atoms with Crippen LogP contribution in [0.5, 0.6) is 5.75 Å². The number of methoxy groups -OCH3 is 1. The highest BCUT2D eigenvalue weighted by Crippen LogP contribution is 2.35. The van der Waals surface area contributed by atoms with Crippen molar-refractivity contribution in [2.24, 2.45) is 5.92 Å². The lowest BCUT2D eigenvalue weighted by Crippen LogP contribution is -2.36. The number of ether oxygens (including phenoxy) is 1. The molecule has 0 N–H and O–H groups in total. The Hall–Kier alpha value is -0.590. The van der Waals surface area contributed by atoms with Crippen molar-refractivity contribution < 1.29 is 13.2 Å². The van der Waals surface area contributed by atoms with Gasteiger partial charge in [0.25, 0.3) is 0 Å². The fourth-order valence-corrected chi connectivity index (χ4v) is 4.68. The molecule has 0 amide bonds. The highest BCUT2D eigenvalue weighted by Gasteiger charge is 2.38. The molecule has 0 spiro atoms. The highest BCUT2D eigenvalue weighted by atomic mass is 79.9. The zero-order valence-corrected chi connectivity index (χ0v) is 14.4. The predicted octanol–water partition coefficient (Wildman–Crippen LogP) is 3.27. The van der Waals surface area contributed by atoms with Crippen molar-refractivity contribution in [1.82, 2.24) is 4.31 Å². The van der Waals surface area contributed by atoms with Gasteiger partial charge in [-0.15, -0.1) is 0 Å². The Kier molecular flexibility index (Phi) is 4.76. The van der Waals surface area contributed by atoms with E-state index in [0.29, 0.717) is 27.6 Å². The normalized spacial score (nSPS) is 15.9. The SMILES string of the molecule is COc1ccc(S(=O)(=O)N(CC(C)C)C2CC2)cc1Br. The lowest BCUT2D eigenvalue weighted by molar-refractivity contribution is 0.360. The van der Waals surface area contributed by atoms with E-state index in [4.69, 9.17) is 4.74 Å². The number of hydrogen-bond acceptors (Lipinski definition) is 3. The monoisotopic (exact) mass is 361 g/mol. The van der Waals surface area contributed by atoms with E-state index in [0.717, 1.165) is 12.8 Å². The van der Waals surface area contributed by atoms with Crippen LogP contribution in [0.4, 0.5) is 0 Å². The molecule has 0 aliphatic heterocycles. The molecule has 0 radical (unpaired) electrons. The van der Waals surface area contributed by atoms with Gasteiger partial charge in [-0.2, -0.15) is 4.31 Å². The Balaban J connectivity index is 2.34. The van der Waals surface area contributed by atoms with Gasteiger partial charge in [-0.05, 0) is 52.9 Å². The number of sulfonamides is 1. The lowest BCUT2D eigenvalue weighted by atomic mass is 10.2. The summed E-state index contributed by atoms with van der Waals surface area (Å²) >= 11 is 3.34. The lowest BCUT2D eigenvalue weighted by Gasteiger charge is -2.24. The van der Waals surface area contributed by atoms with Crippen molar-refractivity contribution in [3.8, 4) is 5.75 Å². The minimum atomic E-state index is -3.43. The first-order valence-electron chi connectivity index (χ1n) is 6.71. The van der Waals surface area contributed by atoms with Gasteiger partial charge in [0.2, 0.25) is 10.0 Å². The third-order valence-electron chi connectivity index (χ3n) is 3.23. The van der Waals surface area contributed by atoms with Crippen LogP contribution in [0.1, 0.15) is 26.7 Å². The van der Waals surface area contributed by atoms with Crippen LogP contribution in [0.2, 0.25) is 0 Å². The second kappa shape index (κ2) is 6.03. The number of nitrogens with zero attached hydrogens (tertiary/aromatic N) is 1. The van der Waals surface area contributed by atoms with Crippen LogP contribution in [-0.4, -0.2) is 32.4 Å². The summed E-state index contributed by atoms with van der Waals surface area (Å²) in [4.78, 5) is 0.317. The molecule has 0 unspecified atom stereocenters. The second-order valence-corrected chi connectivity index (χ2v) is 8.24. The summed E-state index contributed by atoms with van der Waals surface area (Å²) < 4.78 is 33.0. The summed E-state index contributed by atoms with van der Waals surface area (Å²) in [5.41, 5.74) is 0. The summed E-state index contributed by atoms with van der Waals surface area (Å²) in [5, 5.41) is 0. The average Bonchev–Trinajstić information content (AvgIpc) is 3.19. The molecule has 1 aliphatic rings. The van der Waals surface area contributed by atoms with E-state index in [-0.39, 0.29) is 6.04 Å². The summed E-state index contributed by atoms with van der Waals surface area (Å²) in [7, 11) is -1.87. The molecule has 0 atom stereocenters. The van der Waals surface area contributed by atoms with Gasteiger partial charge in [0.15, 0.2) is 0 Å². The van der Waals surface area contributed by atoms with Gasteiger partial charge in [-0.25, -0.2) is 8.42 Å². The van der Waals surface area contributed by atoms with E-state index < -0.39 is 10.0 Å². The first-order chi connectivity index (χ1) is 9.36. The maximum atomic E-state index is 12.8. The van der Waals surface area contributed by atoms with Crippen LogP contribution < -0.4 is 4.74 Å². The van der Waals surface area contributed by atoms with Crippen molar-refractivity contribution in [2.75, 3.05) is 13.7 Å². The number of hydrogen-bond donors (Lipinski definition) is 0. The third kappa shape index (κ3) is 3.35. The van der Waals surface area contributed by atoms with Gasteiger partial charge >= 0.3 is 0 Å². The molecule has 0 heterocycles. The zero-order chi connectivity index (χ0) is 14.9. The standard InChI is InChI=1S/C14H20BrNO3S/c1-10(2)9-16(11-4-5-11)20(17,18)12-6-7-14(19-3)13(15)8-12/h6-8,10-11H,4-5,9H2,1-3H3. The van der Waals surface area contributed by atoms with Gasteiger partial charge in [0.05, 0.1) is 16.5 Å². The van der Waals surface area contributed by atoms with Gasteiger partial charge < -0.3 is 4.74 Å². The van der Waals surface area contributed by atoms with Crippen LogP contribution in [-0.2, 0) is 10.0 Å². The summed E-state index contributed by atoms with van der Waals surface area (Å²) in [5.74, 6) is 0.942. The van der Waals surface area contributed by atoms with E-state index in [1.54, 1.807) is 29.6 Å². The van der Waals surface area contributed by atoms with E-state index >= 15 is 0 Å². The number of benzene rings is 1. The van der Waals surface area contributed by atoms with Crippen molar-refractivity contribution in [3.63, 3.8) is 0 Å². The maximum absolute atomic E-state index is 12.8. The van der Waals surface area contributed by atoms with E-state index in [9.17, 15) is 8.42 Å². The third-order valence-corrected chi connectivity index (χ3v) is 5.76. The van der Waals surface area contributed by atoms with Gasteiger partial charge in [0.1, 0.15) is 5.75 Å². The molecule has 0 aromatic heterocycles. The van der Waals surface area contributed by atoms with Crippen LogP contribution in [0, 0.1) is 5.92 Å². The summed E-state index contributed by atoms with van der Waals surface area (Å²) in [6.45, 7) is 4.64. The van der Waals surface area contributed by atoms with E-state index in [1.165, 1.54) is 0 Å². The summed E-state index contributed by atoms with van der Waals surface area (Å²) in [6.07, 6.45) is 1.92. The largest absolute Gasteiger partial charge is 0.496 e. The quantitative estimate of drug-likeness (QED) is 0.780. The van der Waals surface area contributed by atoms with Crippen molar-refractivity contribution in [1.29, 1.82) is 0 Å². The molecule has 1 aromatic carbocycles. The molecule has 0 bridgehead atoms. The van der Waals surface area contributed by atoms with Gasteiger partial charge in [0, 0.05) is 12.6 Å². The van der Waals surface area contributed by atoms with Crippen molar-refractivity contribution in [3.05, 3.63) is 22.7 Å². The van der Waals surface area contributed by atoms with Gasteiger partial charge in [-0.3, -0.25) is 0 Å². The molecular formula is C14H20BrNO3S. The van der Waals surface area contributed by atoms with Crippen molar-refractivity contribution >= 4 is 26.0 Å². The summed E-state index contributed by atoms with van der Waals surface area (Å²) in [6, 6.07) is 5.07. The Bertz CT molecular complexity index is 582. The smallest absolute Gasteiger partial charge is 0.243 e. The fraction of sp³-hybridized carbons (Fsp3) is 0.571. The topological polar surface area (TPSA) is 46.6 Å². The predicted molar refractivity (Wildman–Crippen MR) is 82.4 cm³/mol. The molecule has 4 nitrogen and oxygen atoms in total. The molecule has 1 saturated carbocycles. The maximum Gasteiger partial charge on any atom is 0.243 e. The zero-order valence-electron chi connectivity index (χ0n) is 12.0. The molecule has 6 heteroatoms. The highest BCUT2D eigenvalue weighted by molar-refractivity contribution is 9.10. The number of rotatable bonds is 6. The van der Waals surface area contributed by atoms with E-state index in [1.807, 2.05) is 13.8 Å². The minimum Gasteiger partial charge on any atom is -0.496 e. The molecule has 1 aromatic rings. The van der Waals surface area contributed by atoms with Crippen LogP contribution in [0.25, 0.3) is 0 Å². The minimum absolute atomic E-state index is 0.170. The fourth-order valence-electron chi connectivity index (χ4n) is 2.11. The van der Waals surface area contributed by atoms with Crippen LogP contribution in [0.3, 0.4) is 0 Å². The Morgan fingerprint density at radius 1 is 1.40 bits per heavy atom. The molecular weight excluding hydrogens is 342 g/mol. The second-order valence-electron chi connectivity index (χ2n) is 5.50. The molecule has 112 valence electrons. The molecule has 1 fully saturated rings. The molecule has 20 heavy (non-hydrogen) atoms.